The molecule has 1 heterocycles. The highest BCUT2D eigenvalue weighted by molar-refractivity contribution is 7.84. The van der Waals surface area contributed by atoms with Gasteiger partial charge in [0, 0.05) is 57.8 Å². The lowest BCUT2D eigenvalue weighted by atomic mass is 10.1. The summed E-state index contributed by atoms with van der Waals surface area (Å²) in [6.45, 7) is 4.31. The quantitative estimate of drug-likeness (QED) is 0.655. The molecule has 1 atom stereocenters. The van der Waals surface area contributed by atoms with Crippen molar-refractivity contribution in [3.05, 3.63) is 40.1 Å². The minimum absolute atomic E-state index is 0.0355. The third-order valence-electron chi connectivity index (χ3n) is 3.10. The standard InChI is InChI=1S/C14H17N3O3S/c1-3-21(20)7-6-15-14-8-10(2)16-13-5-4-11(17(18)19)9-12(13)14/h4-5,8-9H,3,6-7H2,1-2H3,(H,15,16). The first-order valence-corrected chi connectivity index (χ1v) is 8.14. The molecule has 0 fully saturated rings. The minimum atomic E-state index is -0.838. The van der Waals surface area contributed by atoms with E-state index in [2.05, 4.69) is 10.3 Å². The van der Waals surface area contributed by atoms with Crippen LogP contribution in [-0.4, -0.2) is 32.2 Å². The highest BCUT2D eigenvalue weighted by Gasteiger charge is 2.10. The molecule has 1 aromatic heterocycles. The lowest BCUT2D eigenvalue weighted by Crippen LogP contribution is -2.12. The van der Waals surface area contributed by atoms with Crippen LogP contribution in [-0.2, 0) is 10.8 Å². The van der Waals surface area contributed by atoms with Crippen molar-refractivity contribution in [1.82, 2.24) is 4.98 Å². The Morgan fingerprint density at radius 2 is 2.14 bits per heavy atom. The van der Waals surface area contributed by atoms with Gasteiger partial charge in [0.1, 0.15) is 0 Å². The van der Waals surface area contributed by atoms with Gasteiger partial charge in [-0.1, -0.05) is 6.92 Å². The zero-order valence-electron chi connectivity index (χ0n) is 12.0. The second-order valence-corrected chi connectivity index (χ2v) is 6.49. The van der Waals surface area contributed by atoms with Crippen molar-refractivity contribution in [3.8, 4) is 0 Å². The summed E-state index contributed by atoms with van der Waals surface area (Å²) in [5.74, 6) is 1.18. The van der Waals surface area contributed by atoms with Gasteiger partial charge >= 0.3 is 0 Å². The summed E-state index contributed by atoms with van der Waals surface area (Å²) < 4.78 is 11.4. The third-order valence-corrected chi connectivity index (χ3v) is 4.40. The highest BCUT2D eigenvalue weighted by atomic mass is 32.2. The maximum atomic E-state index is 11.4. The fraction of sp³-hybridized carbons (Fsp3) is 0.357. The summed E-state index contributed by atoms with van der Waals surface area (Å²) in [7, 11) is -0.838. The van der Waals surface area contributed by atoms with Gasteiger partial charge in [0.2, 0.25) is 0 Å². The maximum absolute atomic E-state index is 11.4. The Morgan fingerprint density at radius 3 is 2.81 bits per heavy atom. The number of non-ortho nitro benzene ring substituents is 1. The van der Waals surface area contributed by atoms with E-state index < -0.39 is 15.7 Å². The number of hydrogen-bond donors (Lipinski definition) is 1. The van der Waals surface area contributed by atoms with Gasteiger partial charge in [-0.05, 0) is 19.1 Å². The number of rotatable bonds is 6. The van der Waals surface area contributed by atoms with E-state index in [1.165, 1.54) is 12.1 Å². The van der Waals surface area contributed by atoms with E-state index in [1.807, 2.05) is 19.9 Å². The Morgan fingerprint density at radius 1 is 1.38 bits per heavy atom. The Hall–Kier alpha value is -2.02. The largest absolute Gasteiger partial charge is 0.384 e. The van der Waals surface area contributed by atoms with E-state index >= 15 is 0 Å². The van der Waals surface area contributed by atoms with Crippen LogP contribution in [0.5, 0.6) is 0 Å². The van der Waals surface area contributed by atoms with Crippen LogP contribution in [0.15, 0.2) is 24.3 Å². The molecule has 0 spiro atoms. The fourth-order valence-corrected chi connectivity index (χ4v) is 2.67. The Balaban J connectivity index is 2.33. The van der Waals surface area contributed by atoms with E-state index in [-0.39, 0.29) is 5.69 Å². The first-order valence-electron chi connectivity index (χ1n) is 6.66. The van der Waals surface area contributed by atoms with Crippen molar-refractivity contribution >= 4 is 33.1 Å². The molecule has 2 aromatic rings. The zero-order valence-corrected chi connectivity index (χ0v) is 12.8. The van der Waals surface area contributed by atoms with Crippen LogP contribution in [0.4, 0.5) is 11.4 Å². The molecule has 0 aliphatic carbocycles. The molecule has 112 valence electrons. The summed E-state index contributed by atoms with van der Waals surface area (Å²) in [5, 5.41) is 14.8. The molecule has 0 aliphatic heterocycles. The van der Waals surface area contributed by atoms with Gasteiger partial charge in [-0.25, -0.2) is 0 Å². The summed E-state index contributed by atoms with van der Waals surface area (Å²) >= 11 is 0. The molecule has 6 nitrogen and oxygen atoms in total. The molecule has 1 N–H and O–H groups in total. The van der Waals surface area contributed by atoms with E-state index in [0.717, 1.165) is 11.4 Å². The number of aryl methyl sites for hydroxylation is 1. The smallest absolute Gasteiger partial charge is 0.270 e. The maximum Gasteiger partial charge on any atom is 0.270 e. The van der Waals surface area contributed by atoms with Crippen LogP contribution in [0.25, 0.3) is 10.9 Å². The molecule has 0 amide bonds. The molecule has 0 radical (unpaired) electrons. The van der Waals surface area contributed by atoms with Crippen LogP contribution in [0, 0.1) is 17.0 Å². The van der Waals surface area contributed by atoms with Crippen LogP contribution in [0.1, 0.15) is 12.6 Å². The molecule has 1 aromatic carbocycles. The zero-order chi connectivity index (χ0) is 15.4. The van der Waals surface area contributed by atoms with Crippen LogP contribution in [0.2, 0.25) is 0 Å². The SMILES string of the molecule is CCS(=O)CCNc1cc(C)nc2ccc([N+](=O)[O-])cc12. The van der Waals surface area contributed by atoms with Crippen molar-refractivity contribution < 1.29 is 9.13 Å². The second kappa shape index (κ2) is 6.62. The van der Waals surface area contributed by atoms with Crippen molar-refractivity contribution in [3.63, 3.8) is 0 Å². The molecule has 1 unspecified atom stereocenters. The number of fused-ring (bicyclic) bond motifs is 1. The molecular formula is C14H17N3O3S. The highest BCUT2D eigenvalue weighted by Crippen LogP contribution is 2.27. The number of aromatic nitrogens is 1. The van der Waals surface area contributed by atoms with Crippen molar-refractivity contribution in [2.24, 2.45) is 0 Å². The summed E-state index contributed by atoms with van der Waals surface area (Å²) in [6, 6.07) is 6.46. The summed E-state index contributed by atoms with van der Waals surface area (Å²) in [4.78, 5) is 14.8. The number of nitrogens with zero attached hydrogens (tertiary/aromatic N) is 2. The Bertz CT molecular complexity index is 703. The van der Waals surface area contributed by atoms with Crippen molar-refractivity contribution in [2.75, 3.05) is 23.4 Å². The molecule has 2 rings (SSSR count). The van der Waals surface area contributed by atoms with E-state index in [0.29, 0.717) is 29.0 Å². The number of anilines is 1. The first kappa shape index (κ1) is 15.4. The predicted octanol–water partition coefficient (Wildman–Crippen LogP) is 2.63. The normalized spacial score (nSPS) is 12.3. The number of pyridine rings is 1. The third kappa shape index (κ3) is 3.75. The monoisotopic (exact) mass is 307 g/mol. The molecule has 0 aliphatic rings. The Labute approximate surface area is 125 Å². The van der Waals surface area contributed by atoms with Gasteiger partial charge < -0.3 is 5.32 Å². The number of nitrogens with one attached hydrogen (secondary N) is 1. The first-order chi connectivity index (χ1) is 10.0. The average Bonchev–Trinajstić information content (AvgIpc) is 2.46. The van der Waals surface area contributed by atoms with Crippen LogP contribution < -0.4 is 5.32 Å². The molecule has 0 saturated carbocycles. The Kier molecular flexibility index (Phi) is 4.85. The van der Waals surface area contributed by atoms with Gasteiger partial charge in [-0.2, -0.15) is 0 Å². The van der Waals surface area contributed by atoms with Crippen molar-refractivity contribution in [1.29, 1.82) is 0 Å². The summed E-state index contributed by atoms with van der Waals surface area (Å²) in [6.07, 6.45) is 0. The van der Waals surface area contributed by atoms with E-state index in [1.54, 1.807) is 6.07 Å². The molecular weight excluding hydrogens is 290 g/mol. The second-order valence-electron chi connectivity index (χ2n) is 4.63. The molecule has 0 bridgehead atoms. The summed E-state index contributed by atoms with van der Waals surface area (Å²) in [5.41, 5.74) is 2.36. The number of hydrogen-bond acceptors (Lipinski definition) is 5. The van der Waals surface area contributed by atoms with Gasteiger partial charge in [0.05, 0.1) is 10.4 Å². The van der Waals surface area contributed by atoms with Crippen molar-refractivity contribution in [2.45, 2.75) is 13.8 Å². The number of benzene rings is 1. The van der Waals surface area contributed by atoms with Gasteiger partial charge in [0.15, 0.2) is 0 Å². The van der Waals surface area contributed by atoms with E-state index in [4.69, 9.17) is 0 Å². The average molecular weight is 307 g/mol. The molecule has 0 saturated heterocycles. The molecule has 21 heavy (non-hydrogen) atoms. The minimum Gasteiger partial charge on any atom is -0.384 e. The predicted molar refractivity (Wildman–Crippen MR) is 85.2 cm³/mol. The van der Waals surface area contributed by atoms with Crippen LogP contribution >= 0.6 is 0 Å². The van der Waals surface area contributed by atoms with Gasteiger partial charge in [-0.15, -0.1) is 0 Å². The molecule has 7 heteroatoms. The number of nitro groups is 1. The van der Waals surface area contributed by atoms with Gasteiger partial charge in [-0.3, -0.25) is 19.3 Å². The van der Waals surface area contributed by atoms with Gasteiger partial charge in [0.25, 0.3) is 5.69 Å². The van der Waals surface area contributed by atoms with Crippen LogP contribution in [0.3, 0.4) is 0 Å². The number of nitro benzene ring substituents is 1. The lowest BCUT2D eigenvalue weighted by molar-refractivity contribution is -0.384. The fourth-order valence-electron chi connectivity index (χ4n) is 2.05. The topological polar surface area (TPSA) is 85.1 Å². The lowest BCUT2D eigenvalue weighted by Gasteiger charge is -2.10. The van der Waals surface area contributed by atoms with E-state index in [9.17, 15) is 14.3 Å².